The van der Waals surface area contributed by atoms with E-state index in [4.69, 9.17) is 16.0 Å². The van der Waals surface area contributed by atoms with Crippen LogP contribution in [0.1, 0.15) is 23.3 Å². The molecule has 3 aromatic rings. The molecule has 0 radical (unpaired) electrons. The Kier molecular flexibility index (Phi) is 5.09. The number of ketones is 1. The summed E-state index contributed by atoms with van der Waals surface area (Å²) in [5.41, 5.74) is -0.187. The van der Waals surface area contributed by atoms with Gasteiger partial charge in [0.1, 0.15) is 5.76 Å². The molecule has 1 N–H and O–H groups in total. The molecule has 1 aromatic heterocycles. The lowest BCUT2D eigenvalue weighted by molar-refractivity contribution is -0.140. The van der Waals surface area contributed by atoms with Gasteiger partial charge in [-0.1, -0.05) is 48.0 Å². The van der Waals surface area contributed by atoms with Crippen molar-refractivity contribution in [3.8, 4) is 0 Å². The van der Waals surface area contributed by atoms with Crippen molar-refractivity contribution in [2.24, 2.45) is 0 Å². The average molecular weight is 408 g/mol. The molecule has 146 valence electrons. The highest BCUT2D eigenvalue weighted by atomic mass is 35.5. The second-order valence-corrected chi connectivity index (χ2v) is 7.26. The summed E-state index contributed by atoms with van der Waals surface area (Å²) < 4.78 is 5.16. The summed E-state index contributed by atoms with van der Waals surface area (Å²) in [5.74, 6) is -0.408. The third-order valence-corrected chi connectivity index (χ3v) is 5.30. The SMILES string of the molecule is O=C(/C=C\c1ccco1)C[C@]1(O)C(=O)N(Cc2ccccc2Cl)c2ccccc21. The number of carbonyl (C=O) groups excluding carboxylic acids is 2. The number of halogens is 1. The molecule has 0 unspecified atom stereocenters. The minimum atomic E-state index is -1.93. The summed E-state index contributed by atoms with van der Waals surface area (Å²) in [6.45, 7) is 0.203. The molecule has 2 heterocycles. The van der Waals surface area contributed by atoms with Gasteiger partial charge in [0.05, 0.1) is 24.9 Å². The zero-order valence-corrected chi connectivity index (χ0v) is 16.2. The van der Waals surface area contributed by atoms with Crippen molar-refractivity contribution < 1.29 is 19.1 Å². The molecule has 0 saturated carbocycles. The largest absolute Gasteiger partial charge is 0.465 e. The van der Waals surface area contributed by atoms with Crippen LogP contribution >= 0.6 is 11.6 Å². The molecule has 1 atom stereocenters. The van der Waals surface area contributed by atoms with Crippen LogP contribution in [0.2, 0.25) is 5.02 Å². The Morgan fingerprint density at radius 3 is 2.62 bits per heavy atom. The molecule has 2 aromatic carbocycles. The molecule has 6 heteroatoms. The number of rotatable bonds is 6. The monoisotopic (exact) mass is 407 g/mol. The highest BCUT2D eigenvalue weighted by molar-refractivity contribution is 6.31. The minimum Gasteiger partial charge on any atom is -0.465 e. The number of anilines is 1. The summed E-state index contributed by atoms with van der Waals surface area (Å²) in [4.78, 5) is 27.2. The molecule has 1 aliphatic heterocycles. The number of para-hydroxylation sites is 1. The fourth-order valence-corrected chi connectivity index (χ4v) is 3.70. The number of carbonyl (C=O) groups is 2. The highest BCUT2D eigenvalue weighted by Gasteiger charge is 2.50. The molecular weight excluding hydrogens is 390 g/mol. The predicted molar refractivity (Wildman–Crippen MR) is 110 cm³/mol. The first kappa shape index (κ1) is 19.2. The number of aliphatic hydroxyl groups is 1. The molecule has 4 rings (SSSR count). The van der Waals surface area contributed by atoms with Gasteiger partial charge in [0, 0.05) is 10.6 Å². The van der Waals surface area contributed by atoms with Crippen LogP contribution in [0, 0.1) is 0 Å². The van der Waals surface area contributed by atoms with Crippen LogP contribution in [-0.2, 0) is 21.7 Å². The fraction of sp³-hybridized carbons (Fsp3) is 0.130. The maximum atomic E-state index is 13.2. The van der Waals surface area contributed by atoms with Gasteiger partial charge in [0.2, 0.25) is 0 Å². The fourth-order valence-electron chi connectivity index (χ4n) is 3.50. The molecule has 5 nitrogen and oxygen atoms in total. The van der Waals surface area contributed by atoms with Crippen molar-refractivity contribution in [2.45, 2.75) is 18.6 Å². The minimum absolute atomic E-state index is 0.203. The first-order valence-corrected chi connectivity index (χ1v) is 9.48. The van der Waals surface area contributed by atoms with E-state index in [2.05, 4.69) is 0 Å². The van der Waals surface area contributed by atoms with Crippen molar-refractivity contribution in [3.05, 3.63) is 94.9 Å². The number of hydrogen-bond acceptors (Lipinski definition) is 4. The van der Waals surface area contributed by atoms with E-state index in [-0.39, 0.29) is 18.7 Å². The van der Waals surface area contributed by atoms with E-state index in [1.807, 2.05) is 18.2 Å². The quantitative estimate of drug-likeness (QED) is 0.617. The van der Waals surface area contributed by atoms with Crippen molar-refractivity contribution in [2.75, 3.05) is 4.90 Å². The third kappa shape index (κ3) is 3.62. The van der Waals surface area contributed by atoms with Crippen molar-refractivity contribution in [3.63, 3.8) is 0 Å². The molecule has 0 fully saturated rings. The van der Waals surface area contributed by atoms with E-state index in [0.717, 1.165) is 5.56 Å². The average Bonchev–Trinajstić information content (AvgIpc) is 3.30. The van der Waals surface area contributed by atoms with E-state index in [9.17, 15) is 14.7 Å². The summed E-state index contributed by atoms with van der Waals surface area (Å²) >= 11 is 6.25. The van der Waals surface area contributed by atoms with Gasteiger partial charge in [-0.05, 0) is 42.0 Å². The molecule has 0 saturated heterocycles. The Hall–Kier alpha value is -3.15. The number of hydrogen-bond donors (Lipinski definition) is 1. The van der Waals surface area contributed by atoms with Gasteiger partial charge in [-0.25, -0.2) is 0 Å². The molecular formula is C23H18ClNO4. The van der Waals surface area contributed by atoms with Crippen LogP contribution in [0.3, 0.4) is 0 Å². The summed E-state index contributed by atoms with van der Waals surface area (Å²) in [5, 5.41) is 11.8. The Morgan fingerprint density at radius 2 is 1.86 bits per heavy atom. The van der Waals surface area contributed by atoms with Crippen molar-refractivity contribution in [1.29, 1.82) is 0 Å². The lowest BCUT2D eigenvalue weighted by Gasteiger charge is -2.22. The number of nitrogens with zero attached hydrogens (tertiary/aromatic N) is 1. The first-order valence-electron chi connectivity index (χ1n) is 9.11. The lowest BCUT2D eigenvalue weighted by atomic mass is 9.90. The van der Waals surface area contributed by atoms with Gasteiger partial charge >= 0.3 is 0 Å². The Morgan fingerprint density at radius 1 is 1.10 bits per heavy atom. The molecule has 1 aliphatic rings. The lowest BCUT2D eigenvalue weighted by Crippen LogP contribution is -2.41. The normalized spacial score (nSPS) is 18.4. The van der Waals surface area contributed by atoms with E-state index in [0.29, 0.717) is 22.0 Å². The maximum Gasteiger partial charge on any atom is 0.264 e. The van der Waals surface area contributed by atoms with Crippen LogP contribution in [0.15, 0.2) is 77.4 Å². The zero-order valence-electron chi connectivity index (χ0n) is 15.4. The molecule has 0 aliphatic carbocycles. The summed E-state index contributed by atoms with van der Waals surface area (Å²) in [6, 6.07) is 17.6. The van der Waals surface area contributed by atoms with E-state index in [1.165, 1.54) is 23.3 Å². The molecule has 29 heavy (non-hydrogen) atoms. The number of furan rings is 1. The van der Waals surface area contributed by atoms with Crippen LogP contribution in [0.4, 0.5) is 5.69 Å². The van der Waals surface area contributed by atoms with E-state index in [1.54, 1.807) is 42.5 Å². The number of fused-ring (bicyclic) bond motifs is 1. The van der Waals surface area contributed by atoms with Crippen molar-refractivity contribution in [1.82, 2.24) is 0 Å². The van der Waals surface area contributed by atoms with Crippen molar-refractivity contribution >= 4 is 35.1 Å². The summed E-state index contributed by atoms with van der Waals surface area (Å²) in [6.07, 6.45) is 3.96. The number of benzene rings is 2. The molecule has 0 bridgehead atoms. The Balaban J connectivity index is 1.63. The van der Waals surface area contributed by atoms with Gasteiger partial charge in [0.25, 0.3) is 5.91 Å². The standard InChI is InChI=1S/C23H18ClNO4/c24-20-9-3-1-6-16(20)15-25-21-10-4-2-8-19(21)23(28,22(25)27)14-17(26)11-12-18-7-5-13-29-18/h1-13,28H,14-15H2/b12-11-/t23-/m1/s1. The topological polar surface area (TPSA) is 70.7 Å². The van der Waals surface area contributed by atoms with Crippen LogP contribution < -0.4 is 4.90 Å². The second kappa shape index (κ2) is 7.70. The Labute approximate surface area is 172 Å². The zero-order chi connectivity index (χ0) is 20.4. The molecule has 1 amide bonds. The third-order valence-electron chi connectivity index (χ3n) is 4.93. The number of allylic oxidation sites excluding steroid dienone is 1. The van der Waals surface area contributed by atoms with E-state index >= 15 is 0 Å². The van der Waals surface area contributed by atoms with Crippen LogP contribution in [-0.4, -0.2) is 16.8 Å². The summed E-state index contributed by atoms with van der Waals surface area (Å²) in [7, 11) is 0. The van der Waals surface area contributed by atoms with Gasteiger partial charge in [-0.3, -0.25) is 9.59 Å². The second-order valence-electron chi connectivity index (χ2n) is 6.85. The van der Waals surface area contributed by atoms with E-state index < -0.39 is 11.5 Å². The van der Waals surface area contributed by atoms with Gasteiger partial charge in [-0.15, -0.1) is 0 Å². The smallest absolute Gasteiger partial charge is 0.264 e. The van der Waals surface area contributed by atoms with Crippen LogP contribution in [0.5, 0.6) is 0 Å². The Bertz CT molecular complexity index is 1090. The van der Waals surface area contributed by atoms with Crippen LogP contribution in [0.25, 0.3) is 6.08 Å². The van der Waals surface area contributed by atoms with Gasteiger partial charge in [0.15, 0.2) is 11.4 Å². The van der Waals surface area contributed by atoms with Gasteiger partial charge < -0.3 is 14.4 Å². The van der Waals surface area contributed by atoms with Gasteiger partial charge in [-0.2, -0.15) is 0 Å². The number of amides is 1. The predicted octanol–water partition coefficient (Wildman–Crippen LogP) is 4.34. The maximum absolute atomic E-state index is 13.2. The molecule has 0 spiro atoms. The highest BCUT2D eigenvalue weighted by Crippen LogP contribution is 2.43. The first-order chi connectivity index (χ1) is 14.0.